The smallest absolute Gasteiger partial charge is 0.361 e. The van der Waals surface area contributed by atoms with Crippen LogP contribution in [0, 0.1) is 38.8 Å². The minimum atomic E-state index is -0.429. The van der Waals surface area contributed by atoms with Crippen LogP contribution in [0.3, 0.4) is 0 Å². The molecule has 0 amide bonds. The van der Waals surface area contributed by atoms with Gasteiger partial charge in [0.05, 0.1) is 22.4 Å². The Balaban J connectivity index is 0.00000420. The van der Waals surface area contributed by atoms with Crippen LogP contribution in [0.2, 0.25) is 0 Å². The van der Waals surface area contributed by atoms with Crippen LogP contribution >= 0.6 is 0 Å². The maximum atomic E-state index is 5.85. The van der Waals surface area contributed by atoms with Crippen LogP contribution in [-0.2, 0) is 33.0 Å². The maximum Gasteiger partial charge on any atom is 2.00 e. The minimum absolute atomic E-state index is 0. The Bertz CT molecular complexity index is 3190. The first kappa shape index (κ1) is 37.7. The third-order valence-electron chi connectivity index (χ3n) is 13.6. The van der Waals surface area contributed by atoms with Gasteiger partial charge in [0.1, 0.15) is 5.65 Å². The van der Waals surface area contributed by atoms with Gasteiger partial charge < -0.3 is 19.0 Å². The molecule has 0 saturated carbocycles. The summed E-state index contributed by atoms with van der Waals surface area (Å²) in [6.45, 7) is 18.3. The summed E-state index contributed by atoms with van der Waals surface area (Å²) in [5.41, 5.74) is 16.9. The third-order valence-corrected chi connectivity index (χ3v) is 13.6. The largest absolute Gasteiger partial charge is 2.00 e. The van der Waals surface area contributed by atoms with Gasteiger partial charge in [-0.05, 0) is 118 Å². The molecule has 0 unspecified atom stereocenters. The number of amidine groups is 1. The molecule has 0 spiro atoms. The summed E-state index contributed by atoms with van der Waals surface area (Å²) in [7, 11) is 0. The van der Waals surface area contributed by atoms with E-state index in [1.807, 2.05) is 12.3 Å². The first-order chi connectivity index (χ1) is 27.9. The number of fused-ring (bicyclic) bond motifs is 9. The number of hydrogen-bond acceptors (Lipinski definition) is 3. The second-order valence-electron chi connectivity index (χ2n) is 17.8. The van der Waals surface area contributed by atoms with Crippen molar-refractivity contribution >= 4 is 49.6 Å². The molecular formula is C53H47N5Pt. The number of hydrogen-bond donors (Lipinski definition) is 0. The van der Waals surface area contributed by atoms with E-state index < -0.39 is 5.54 Å². The molecule has 1 aliphatic heterocycles. The van der Waals surface area contributed by atoms with Crippen molar-refractivity contribution in [3.63, 3.8) is 0 Å². The minimum Gasteiger partial charge on any atom is -0.361 e. The van der Waals surface area contributed by atoms with Crippen molar-refractivity contribution in [2.45, 2.75) is 79.3 Å². The van der Waals surface area contributed by atoms with Crippen molar-refractivity contribution in [1.29, 1.82) is 0 Å². The molecule has 294 valence electrons. The normalized spacial score (nSPS) is 21.4. The number of aromatic nitrogens is 3. The molecule has 0 bridgehead atoms. The predicted molar refractivity (Wildman–Crippen MR) is 239 cm³/mol. The SMILES string of the molecule is CC1=CC(C)=C(N2C(c3[c-]c(-n4c5[c-]c(-n6c7ccc(C)cc7c7cccnc76)ccc5c5cc(C)ccc54)cc(C)c3)=N[C@]3(C)c4ccccc4C[C@]23C)[C@@H](C)C1.[Pt+2]. The summed E-state index contributed by atoms with van der Waals surface area (Å²) in [6, 6.07) is 43.6. The van der Waals surface area contributed by atoms with Crippen molar-refractivity contribution in [2.75, 3.05) is 0 Å². The van der Waals surface area contributed by atoms with E-state index in [0.29, 0.717) is 5.92 Å². The molecule has 0 N–H and O–H groups in total. The Kier molecular flexibility index (Phi) is 8.47. The van der Waals surface area contributed by atoms with Gasteiger partial charge in [0, 0.05) is 28.2 Å². The summed E-state index contributed by atoms with van der Waals surface area (Å²) < 4.78 is 4.64. The molecule has 3 atom stereocenters. The zero-order valence-corrected chi connectivity index (χ0v) is 37.2. The Hall–Kier alpha value is -5.51. The van der Waals surface area contributed by atoms with Gasteiger partial charge in [-0.1, -0.05) is 90.3 Å². The maximum absolute atomic E-state index is 5.85. The number of rotatable bonds is 4. The van der Waals surface area contributed by atoms with Gasteiger partial charge in [-0.15, -0.1) is 46.8 Å². The van der Waals surface area contributed by atoms with Crippen molar-refractivity contribution < 1.29 is 21.1 Å². The quantitative estimate of drug-likeness (QED) is 0.165. The summed E-state index contributed by atoms with van der Waals surface area (Å²) in [6.07, 6.45) is 6.25. The molecule has 4 heterocycles. The fourth-order valence-electron chi connectivity index (χ4n) is 11.0. The van der Waals surface area contributed by atoms with Gasteiger partial charge >= 0.3 is 21.1 Å². The molecular weight excluding hydrogens is 902 g/mol. The molecule has 5 nitrogen and oxygen atoms in total. The van der Waals surface area contributed by atoms with E-state index in [-0.39, 0.29) is 26.6 Å². The number of benzene rings is 5. The molecule has 6 heteroatoms. The standard InChI is InChI=1S/C53H47N5.Pt/c1-31-15-19-46-43(26-31)41-18-17-39(57-47-20-16-32(2)27-44(47)42-13-11-21-54-51(42)57)29-48(41)56(46)40-25-34(4)24-38(28-40)50-55-53(8)45-14-10-9-12-37(45)30-52(53,7)58(50)49-35(5)22-33(3)23-36(49)6;/h9-22,24-27,36H,23,30H2,1-8H3;/q-2;+2/t36-,52-,53+;/m0./s1. The Morgan fingerprint density at radius 3 is 2.19 bits per heavy atom. The monoisotopic (exact) mass is 948 g/mol. The second kappa shape index (κ2) is 13.2. The van der Waals surface area contributed by atoms with E-state index in [4.69, 9.17) is 9.98 Å². The van der Waals surface area contributed by atoms with E-state index in [0.717, 1.165) is 74.1 Å². The number of pyridine rings is 1. The summed E-state index contributed by atoms with van der Waals surface area (Å²) >= 11 is 0. The molecule has 0 fully saturated rings. The predicted octanol–water partition coefficient (Wildman–Crippen LogP) is 12.4. The van der Waals surface area contributed by atoms with Crippen molar-refractivity contribution in [1.82, 2.24) is 19.0 Å². The van der Waals surface area contributed by atoms with Gasteiger partial charge in [-0.2, -0.15) is 6.07 Å². The average Bonchev–Trinajstić information content (AvgIpc) is 3.83. The zero-order chi connectivity index (χ0) is 39.8. The first-order valence-electron chi connectivity index (χ1n) is 20.7. The number of nitrogens with zero attached hydrogens (tertiary/aromatic N) is 5. The molecule has 11 rings (SSSR count). The molecule has 3 aliphatic rings. The molecule has 3 aromatic heterocycles. The molecule has 8 aromatic rings. The molecule has 5 aromatic carbocycles. The van der Waals surface area contributed by atoms with Gasteiger partial charge in [0.2, 0.25) is 0 Å². The van der Waals surface area contributed by atoms with Crippen LogP contribution in [-0.4, -0.2) is 30.4 Å². The summed E-state index contributed by atoms with van der Waals surface area (Å²) in [5.74, 6) is 1.36. The average molecular weight is 949 g/mol. The van der Waals surface area contributed by atoms with E-state index in [1.165, 1.54) is 49.9 Å². The van der Waals surface area contributed by atoms with Crippen molar-refractivity contribution in [3.05, 3.63) is 172 Å². The number of aryl methyl sites for hydroxylation is 3. The molecule has 0 radical (unpaired) electrons. The second-order valence-corrected chi connectivity index (χ2v) is 17.8. The van der Waals surface area contributed by atoms with Crippen LogP contribution in [0.5, 0.6) is 0 Å². The van der Waals surface area contributed by atoms with Crippen LogP contribution < -0.4 is 0 Å². The van der Waals surface area contributed by atoms with Crippen molar-refractivity contribution in [3.8, 4) is 11.4 Å². The van der Waals surface area contributed by atoms with E-state index >= 15 is 0 Å². The van der Waals surface area contributed by atoms with Crippen molar-refractivity contribution in [2.24, 2.45) is 10.9 Å². The fraction of sp³-hybridized carbons (Fsp3) is 0.245. The third kappa shape index (κ3) is 5.33. The van der Waals surface area contributed by atoms with Gasteiger partial charge in [0.15, 0.2) is 0 Å². The fourth-order valence-corrected chi connectivity index (χ4v) is 11.0. The number of aliphatic imine (C=N–C) groups is 1. The molecule has 0 saturated heterocycles. The van der Waals surface area contributed by atoms with Crippen LogP contribution in [0.25, 0.3) is 55.1 Å². The number of allylic oxidation sites excluding steroid dienone is 4. The van der Waals surface area contributed by atoms with Gasteiger partial charge in [-0.3, -0.25) is 0 Å². The van der Waals surface area contributed by atoms with E-state index in [2.05, 4.69) is 179 Å². The first-order valence-corrected chi connectivity index (χ1v) is 20.7. The van der Waals surface area contributed by atoms with Gasteiger partial charge in [0.25, 0.3) is 0 Å². The topological polar surface area (TPSA) is 38.4 Å². The summed E-state index contributed by atoms with van der Waals surface area (Å²) in [4.78, 5) is 13.4. The van der Waals surface area contributed by atoms with E-state index in [1.54, 1.807) is 0 Å². The molecule has 2 aliphatic carbocycles. The Morgan fingerprint density at radius 1 is 0.695 bits per heavy atom. The summed E-state index contributed by atoms with van der Waals surface area (Å²) in [5, 5.41) is 4.70. The Labute approximate surface area is 361 Å². The van der Waals surface area contributed by atoms with Crippen LogP contribution in [0.4, 0.5) is 0 Å². The zero-order valence-electron chi connectivity index (χ0n) is 34.9. The van der Waals surface area contributed by atoms with Crippen LogP contribution in [0.15, 0.2) is 131 Å². The van der Waals surface area contributed by atoms with E-state index in [9.17, 15) is 0 Å². The molecule has 59 heavy (non-hydrogen) atoms. The Morgan fingerprint density at radius 2 is 1.42 bits per heavy atom. The van der Waals surface area contributed by atoms with Gasteiger partial charge in [-0.25, -0.2) is 4.98 Å². The van der Waals surface area contributed by atoms with Crippen LogP contribution in [0.1, 0.15) is 74.4 Å².